The minimum atomic E-state index is 0.792. The van der Waals surface area contributed by atoms with E-state index in [1.54, 1.807) is 0 Å². The van der Waals surface area contributed by atoms with Gasteiger partial charge in [-0.1, -0.05) is 54.6 Å². The standard InChI is InChI=1S/C13H13N.C7H10N2/c14-13-8-6-12(7-9-13)10-11-4-2-1-3-5-11;1-9-7-5-3-2-4-6(7)8/h1-9H,10,14H2;2-5,9H,8H2,1H3. The first-order valence-electron chi connectivity index (χ1n) is 7.59. The first-order chi connectivity index (χ1) is 11.2. The number of nitrogens with two attached hydrogens (primary N) is 2. The van der Waals surface area contributed by atoms with Crippen LogP contribution in [0.15, 0.2) is 78.9 Å². The van der Waals surface area contributed by atoms with Gasteiger partial charge in [0.1, 0.15) is 0 Å². The molecule has 0 bridgehead atoms. The highest BCUT2D eigenvalue weighted by atomic mass is 14.8. The second-order valence-electron chi connectivity index (χ2n) is 5.24. The van der Waals surface area contributed by atoms with Gasteiger partial charge in [0.05, 0.1) is 11.4 Å². The highest BCUT2D eigenvalue weighted by Crippen LogP contribution is 2.14. The minimum absolute atomic E-state index is 0.792. The molecular weight excluding hydrogens is 282 g/mol. The molecule has 5 N–H and O–H groups in total. The fourth-order valence-electron chi connectivity index (χ4n) is 2.19. The summed E-state index contributed by atoms with van der Waals surface area (Å²) in [5.74, 6) is 0. The number of hydrogen-bond acceptors (Lipinski definition) is 3. The molecule has 0 atom stereocenters. The van der Waals surface area contributed by atoms with Crippen molar-refractivity contribution in [3.63, 3.8) is 0 Å². The third-order valence-corrected chi connectivity index (χ3v) is 3.46. The molecule has 0 aliphatic rings. The molecule has 0 saturated heterocycles. The van der Waals surface area contributed by atoms with Gasteiger partial charge in [0, 0.05) is 12.7 Å². The maximum atomic E-state index is 5.62. The SMILES string of the molecule is CNc1ccccc1N.Nc1ccc(Cc2ccccc2)cc1. The fraction of sp³-hybridized carbons (Fsp3) is 0.100. The summed E-state index contributed by atoms with van der Waals surface area (Å²) < 4.78 is 0. The number of hydrogen-bond donors (Lipinski definition) is 3. The van der Waals surface area contributed by atoms with Gasteiger partial charge in [-0.3, -0.25) is 0 Å². The van der Waals surface area contributed by atoms with Crippen LogP contribution < -0.4 is 16.8 Å². The van der Waals surface area contributed by atoms with Crippen molar-refractivity contribution in [3.05, 3.63) is 90.0 Å². The fourth-order valence-corrected chi connectivity index (χ4v) is 2.19. The zero-order valence-corrected chi connectivity index (χ0v) is 13.4. The van der Waals surface area contributed by atoms with Gasteiger partial charge in [-0.15, -0.1) is 0 Å². The number of nitrogens with one attached hydrogen (secondary N) is 1. The van der Waals surface area contributed by atoms with Crippen molar-refractivity contribution in [3.8, 4) is 0 Å². The molecule has 3 nitrogen and oxygen atoms in total. The van der Waals surface area contributed by atoms with Crippen LogP contribution in [-0.4, -0.2) is 7.05 Å². The van der Waals surface area contributed by atoms with Gasteiger partial charge < -0.3 is 16.8 Å². The number of benzene rings is 3. The Morgan fingerprint density at radius 2 is 1.26 bits per heavy atom. The maximum Gasteiger partial charge on any atom is 0.0571 e. The van der Waals surface area contributed by atoms with E-state index in [0.29, 0.717) is 0 Å². The predicted molar refractivity (Wildman–Crippen MR) is 101 cm³/mol. The average molecular weight is 305 g/mol. The lowest BCUT2D eigenvalue weighted by Crippen LogP contribution is -1.93. The Kier molecular flexibility index (Phi) is 6.07. The summed E-state index contributed by atoms with van der Waals surface area (Å²) in [6.45, 7) is 0. The second-order valence-corrected chi connectivity index (χ2v) is 5.24. The van der Waals surface area contributed by atoms with Crippen molar-refractivity contribution >= 4 is 17.1 Å². The van der Waals surface area contributed by atoms with Crippen LogP contribution >= 0.6 is 0 Å². The number of para-hydroxylation sites is 2. The normalized spacial score (nSPS) is 9.61. The Labute approximate surface area is 138 Å². The lowest BCUT2D eigenvalue weighted by molar-refractivity contribution is 1.19. The first kappa shape index (κ1) is 16.4. The average Bonchev–Trinajstić information content (AvgIpc) is 2.59. The van der Waals surface area contributed by atoms with E-state index >= 15 is 0 Å². The summed E-state index contributed by atoms with van der Waals surface area (Å²) in [7, 11) is 1.85. The highest BCUT2D eigenvalue weighted by Gasteiger charge is 1.94. The van der Waals surface area contributed by atoms with Crippen LogP contribution in [0.25, 0.3) is 0 Å². The Morgan fingerprint density at radius 3 is 1.83 bits per heavy atom. The molecule has 0 amide bonds. The Morgan fingerprint density at radius 1 is 0.696 bits per heavy atom. The zero-order chi connectivity index (χ0) is 16.5. The smallest absolute Gasteiger partial charge is 0.0571 e. The molecule has 0 aliphatic heterocycles. The number of anilines is 3. The Bertz CT molecular complexity index is 706. The molecule has 3 aromatic carbocycles. The van der Waals surface area contributed by atoms with E-state index in [4.69, 9.17) is 11.5 Å². The van der Waals surface area contributed by atoms with Crippen molar-refractivity contribution in [1.82, 2.24) is 0 Å². The van der Waals surface area contributed by atoms with E-state index in [9.17, 15) is 0 Å². The molecule has 0 saturated carbocycles. The van der Waals surface area contributed by atoms with Crippen molar-refractivity contribution < 1.29 is 0 Å². The third-order valence-electron chi connectivity index (χ3n) is 3.46. The van der Waals surface area contributed by atoms with Crippen molar-refractivity contribution in [1.29, 1.82) is 0 Å². The highest BCUT2D eigenvalue weighted by molar-refractivity contribution is 5.65. The Balaban J connectivity index is 0.000000185. The molecular formula is C20H23N3. The van der Waals surface area contributed by atoms with E-state index in [-0.39, 0.29) is 0 Å². The summed E-state index contributed by atoms with van der Waals surface area (Å²) in [4.78, 5) is 0. The minimum Gasteiger partial charge on any atom is -0.399 e. The summed E-state index contributed by atoms with van der Waals surface area (Å²) in [6, 6.07) is 26.1. The zero-order valence-electron chi connectivity index (χ0n) is 13.4. The molecule has 0 fully saturated rings. The lowest BCUT2D eigenvalue weighted by Gasteiger charge is -2.01. The van der Waals surface area contributed by atoms with E-state index in [2.05, 4.69) is 41.7 Å². The van der Waals surface area contributed by atoms with Gasteiger partial charge in [0.15, 0.2) is 0 Å². The van der Waals surface area contributed by atoms with Crippen LogP contribution in [0.3, 0.4) is 0 Å². The number of rotatable bonds is 3. The van der Waals surface area contributed by atoms with Crippen molar-refractivity contribution in [2.24, 2.45) is 0 Å². The monoisotopic (exact) mass is 305 g/mol. The molecule has 0 spiro atoms. The van der Waals surface area contributed by atoms with Crippen molar-refractivity contribution in [2.45, 2.75) is 6.42 Å². The van der Waals surface area contributed by atoms with E-state index in [0.717, 1.165) is 23.5 Å². The maximum absolute atomic E-state index is 5.62. The van der Waals surface area contributed by atoms with Crippen LogP contribution in [-0.2, 0) is 6.42 Å². The van der Waals surface area contributed by atoms with Gasteiger partial charge in [0.25, 0.3) is 0 Å². The molecule has 3 aromatic rings. The molecule has 0 unspecified atom stereocenters. The molecule has 0 heterocycles. The summed E-state index contributed by atoms with van der Waals surface area (Å²) in [5.41, 5.74) is 16.4. The first-order valence-corrected chi connectivity index (χ1v) is 7.59. The van der Waals surface area contributed by atoms with Crippen molar-refractivity contribution in [2.75, 3.05) is 23.8 Å². The number of nitrogen functional groups attached to an aromatic ring is 2. The van der Waals surface area contributed by atoms with E-state index < -0.39 is 0 Å². The molecule has 0 aromatic heterocycles. The molecule has 0 radical (unpaired) electrons. The predicted octanol–water partition coefficient (Wildman–Crippen LogP) is 4.17. The van der Waals surface area contributed by atoms with Gasteiger partial charge in [0.2, 0.25) is 0 Å². The molecule has 3 heteroatoms. The van der Waals surface area contributed by atoms with E-state index in [1.807, 2.05) is 49.5 Å². The summed E-state index contributed by atoms with van der Waals surface area (Å²) in [6.07, 6.45) is 0.973. The summed E-state index contributed by atoms with van der Waals surface area (Å²) >= 11 is 0. The van der Waals surface area contributed by atoms with E-state index in [1.165, 1.54) is 11.1 Å². The van der Waals surface area contributed by atoms with Gasteiger partial charge in [-0.05, 0) is 41.8 Å². The van der Waals surface area contributed by atoms with Crippen LogP contribution in [0.5, 0.6) is 0 Å². The third kappa shape index (κ3) is 5.40. The lowest BCUT2D eigenvalue weighted by atomic mass is 10.1. The van der Waals surface area contributed by atoms with Crippen LogP contribution in [0.2, 0.25) is 0 Å². The largest absolute Gasteiger partial charge is 0.399 e. The molecule has 3 rings (SSSR count). The van der Waals surface area contributed by atoms with Gasteiger partial charge in [-0.2, -0.15) is 0 Å². The molecule has 23 heavy (non-hydrogen) atoms. The second kappa shape index (κ2) is 8.49. The van der Waals surface area contributed by atoms with Crippen LogP contribution in [0, 0.1) is 0 Å². The summed E-state index contributed by atoms with van der Waals surface area (Å²) in [5, 5.41) is 2.97. The Hall–Kier alpha value is -2.94. The van der Waals surface area contributed by atoms with Gasteiger partial charge >= 0.3 is 0 Å². The van der Waals surface area contributed by atoms with Crippen LogP contribution in [0.1, 0.15) is 11.1 Å². The van der Waals surface area contributed by atoms with Crippen LogP contribution in [0.4, 0.5) is 17.1 Å². The topological polar surface area (TPSA) is 64.1 Å². The quantitative estimate of drug-likeness (QED) is 0.636. The van der Waals surface area contributed by atoms with Gasteiger partial charge in [-0.25, -0.2) is 0 Å². The molecule has 118 valence electrons. The molecule has 0 aliphatic carbocycles.